The molecular weight excluding hydrogens is 398 g/mol. The van der Waals surface area contributed by atoms with Crippen molar-refractivity contribution in [3.8, 4) is 0 Å². The van der Waals surface area contributed by atoms with Gasteiger partial charge in [0.25, 0.3) is 23.6 Å². The summed E-state index contributed by atoms with van der Waals surface area (Å²) in [7, 11) is 1.40. The van der Waals surface area contributed by atoms with E-state index in [0.717, 1.165) is 4.90 Å². The Labute approximate surface area is 179 Å². The lowest BCUT2D eigenvalue weighted by molar-refractivity contribution is -0.0585. The molecule has 160 valence electrons. The number of para-hydroxylation sites is 1. The lowest BCUT2D eigenvalue weighted by Crippen LogP contribution is -2.48. The van der Waals surface area contributed by atoms with Gasteiger partial charge in [0.15, 0.2) is 0 Å². The first-order valence-corrected chi connectivity index (χ1v) is 10.1. The Morgan fingerprint density at radius 1 is 0.968 bits per heavy atom. The summed E-state index contributed by atoms with van der Waals surface area (Å²) >= 11 is 0. The molecule has 0 aliphatic carbocycles. The molecule has 4 amide bonds. The van der Waals surface area contributed by atoms with Gasteiger partial charge in [-0.05, 0) is 44.2 Å². The third-order valence-corrected chi connectivity index (χ3v) is 5.46. The highest BCUT2D eigenvalue weighted by atomic mass is 16.5. The maximum Gasteiger partial charge on any atom is 0.261 e. The zero-order valence-corrected chi connectivity index (χ0v) is 17.5. The molecule has 0 bridgehead atoms. The summed E-state index contributed by atoms with van der Waals surface area (Å²) in [5, 5.41) is 2.77. The first kappa shape index (κ1) is 20.7. The minimum atomic E-state index is -0.471. The number of imide groups is 1. The molecule has 31 heavy (non-hydrogen) atoms. The van der Waals surface area contributed by atoms with Crippen LogP contribution in [0.3, 0.4) is 0 Å². The number of carbonyl (C=O) groups is 4. The molecule has 2 heterocycles. The van der Waals surface area contributed by atoms with E-state index in [1.165, 1.54) is 25.2 Å². The van der Waals surface area contributed by atoms with Crippen molar-refractivity contribution in [2.45, 2.75) is 26.1 Å². The number of nitrogens with one attached hydrogen (secondary N) is 1. The molecule has 0 aromatic heterocycles. The number of anilines is 1. The summed E-state index contributed by atoms with van der Waals surface area (Å²) in [5.74, 6) is -1.49. The number of fused-ring (bicyclic) bond motifs is 1. The van der Waals surface area contributed by atoms with Gasteiger partial charge in [-0.15, -0.1) is 0 Å². The van der Waals surface area contributed by atoms with Gasteiger partial charge in [0.2, 0.25) is 0 Å². The normalized spacial score (nSPS) is 20.6. The van der Waals surface area contributed by atoms with Gasteiger partial charge in [0, 0.05) is 25.7 Å². The zero-order chi connectivity index (χ0) is 22.3. The van der Waals surface area contributed by atoms with Crippen molar-refractivity contribution >= 4 is 29.3 Å². The predicted molar refractivity (Wildman–Crippen MR) is 113 cm³/mol. The van der Waals surface area contributed by atoms with Crippen molar-refractivity contribution in [2.24, 2.45) is 0 Å². The highest BCUT2D eigenvalue weighted by Gasteiger charge is 2.33. The molecule has 2 aliphatic rings. The summed E-state index contributed by atoms with van der Waals surface area (Å²) in [6, 6.07) is 11.2. The highest BCUT2D eigenvalue weighted by Crippen LogP contribution is 2.25. The minimum absolute atomic E-state index is 0.0701. The molecule has 8 nitrogen and oxygen atoms in total. The first-order chi connectivity index (χ1) is 14.8. The number of morpholine rings is 1. The molecule has 2 aromatic carbocycles. The van der Waals surface area contributed by atoms with Gasteiger partial charge < -0.3 is 15.0 Å². The Bertz CT molecular complexity index is 1090. The van der Waals surface area contributed by atoms with Gasteiger partial charge in [-0.1, -0.05) is 12.1 Å². The summed E-state index contributed by atoms with van der Waals surface area (Å²) in [4.78, 5) is 53.0. The second-order valence-electron chi connectivity index (χ2n) is 7.90. The van der Waals surface area contributed by atoms with Crippen molar-refractivity contribution in [3.63, 3.8) is 0 Å². The standard InChI is InChI=1S/C23H23N3O5/c1-13-11-26(12-14(2)31-13)23(30)17-6-4-5-7-19(17)24-20(27)15-8-9-16-18(10-15)22(29)25(3)21(16)28/h4-10,13-14H,11-12H2,1-3H3,(H,24,27)/t13-,14+. The van der Waals surface area contributed by atoms with Crippen LogP contribution in [0.2, 0.25) is 0 Å². The zero-order valence-electron chi connectivity index (χ0n) is 17.5. The number of hydrogen-bond acceptors (Lipinski definition) is 5. The topological polar surface area (TPSA) is 96.0 Å². The molecule has 0 unspecified atom stereocenters. The van der Waals surface area contributed by atoms with Crippen LogP contribution in [0.1, 0.15) is 55.3 Å². The molecule has 1 saturated heterocycles. The predicted octanol–water partition coefficient (Wildman–Crippen LogP) is 2.41. The van der Waals surface area contributed by atoms with E-state index in [0.29, 0.717) is 24.3 Å². The van der Waals surface area contributed by atoms with Crippen molar-refractivity contribution in [1.29, 1.82) is 0 Å². The van der Waals surface area contributed by atoms with E-state index >= 15 is 0 Å². The molecule has 0 spiro atoms. The van der Waals surface area contributed by atoms with Crippen molar-refractivity contribution in [1.82, 2.24) is 9.80 Å². The van der Waals surface area contributed by atoms with Crippen molar-refractivity contribution in [2.75, 3.05) is 25.5 Å². The lowest BCUT2D eigenvalue weighted by Gasteiger charge is -2.35. The summed E-state index contributed by atoms with van der Waals surface area (Å²) < 4.78 is 5.70. The quantitative estimate of drug-likeness (QED) is 0.768. The van der Waals surface area contributed by atoms with E-state index in [4.69, 9.17) is 4.74 Å². The van der Waals surface area contributed by atoms with Crippen LogP contribution >= 0.6 is 0 Å². The summed E-state index contributed by atoms with van der Waals surface area (Å²) in [6.07, 6.45) is -0.140. The van der Waals surface area contributed by atoms with E-state index in [-0.39, 0.29) is 34.8 Å². The van der Waals surface area contributed by atoms with Crippen LogP contribution in [-0.2, 0) is 4.74 Å². The van der Waals surface area contributed by atoms with Crippen molar-refractivity contribution in [3.05, 3.63) is 64.7 Å². The average molecular weight is 421 g/mol. The molecule has 2 aromatic rings. The van der Waals surface area contributed by atoms with E-state index in [2.05, 4.69) is 5.32 Å². The smallest absolute Gasteiger partial charge is 0.261 e. The number of ether oxygens (including phenoxy) is 1. The number of amides is 4. The average Bonchev–Trinajstić information content (AvgIpc) is 2.96. The minimum Gasteiger partial charge on any atom is -0.372 e. The van der Waals surface area contributed by atoms with Crippen LogP contribution < -0.4 is 5.32 Å². The van der Waals surface area contributed by atoms with Crippen LogP contribution in [0.15, 0.2) is 42.5 Å². The van der Waals surface area contributed by atoms with Gasteiger partial charge in [-0.3, -0.25) is 24.1 Å². The number of rotatable bonds is 3. The van der Waals surface area contributed by atoms with Crippen LogP contribution in [-0.4, -0.2) is 65.8 Å². The third kappa shape index (κ3) is 3.82. The van der Waals surface area contributed by atoms with E-state index in [1.807, 2.05) is 13.8 Å². The molecule has 0 saturated carbocycles. The maximum atomic E-state index is 13.1. The molecule has 2 aliphatic heterocycles. The van der Waals surface area contributed by atoms with Gasteiger partial charge in [0.1, 0.15) is 0 Å². The Morgan fingerprint density at radius 2 is 1.61 bits per heavy atom. The van der Waals surface area contributed by atoms with Crippen LogP contribution in [0.25, 0.3) is 0 Å². The Morgan fingerprint density at radius 3 is 2.32 bits per heavy atom. The number of carbonyl (C=O) groups excluding carboxylic acids is 4. The maximum absolute atomic E-state index is 13.1. The van der Waals surface area contributed by atoms with E-state index in [9.17, 15) is 19.2 Å². The van der Waals surface area contributed by atoms with Gasteiger partial charge in [-0.2, -0.15) is 0 Å². The number of benzene rings is 2. The second-order valence-corrected chi connectivity index (χ2v) is 7.90. The first-order valence-electron chi connectivity index (χ1n) is 10.1. The highest BCUT2D eigenvalue weighted by molar-refractivity contribution is 6.22. The van der Waals surface area contributed by atoms with Gasteiger partial charge >= 0.3 is 0 Å². The SMILES string of the molecule is C[C@@H]1CN(C(=O)c2ccccc2NC(=O)c2ccc3c(c2)C(=O)N(C)C3=O)C[C@H](C)O1. The molecule has 0 radical (unpaired) electrons. The Hall–Kier alpha value is -3.52. The molecule has 1 fully saturated rings. The fourth-order valence-electron chi connectivity index (χ4n) is 3.99. The van der Waals surface area contributed by atoms with E-state index in [1.54, 1.807) is 29.2 Å². The lowest BCUT2D eigenvalue weighted by atomic mass is 10.0. The summed E-state index contributed by atoms with van der Waals surface area (Å²) in [6.45, 7) is 4.78. The molecule has 2 atom stereocenters. The van der Waals surface area contributed by atoms with Gasteiger partial charge in [0.05, 0.1) is 34.6 Å². The van der Waals surface area contributed by atoms with Gasteiger partial charge in [-0.25, -0.2) is 0 Å². The van der Waals surface area contributed by atoms with E-state index < -0.39 is 17.7 Å². The Balaban J connectivity index is 1.57. The Kier molecular flexibility index (Phi) is 5.32. The molecule has 1 N–H and O–H groups in total. The monoisotopic (exact) mass is 421 g/mol. The molecule has 8 heteroatoms. The van der Waals surface area contributed by atoms with Crippen LogP contribution in [0.5, 0.6) is 0 Å². The van der Waals surface area contributed by atoms with Crippen molar-refractivity contribution < 1.29 is 23.9 Å². The molecular formula is C23H23N3O5. The summed E-state index contributed by atoms with van der Waals surface area (Å²) in [5.41, 5.74) is 1.45. The largest absolute Gasteiger partial charge is 0.372 e. The van der Waals surface area contributed by atoms with Crippen LogP contribution in [0.4, 0.5) is 5.69 Å². The van der Waals surface area contributed by atoms with Crippen LogP contribution in [0, 0.1) is 0 Å². The number of hydrogen-bond donors (Lipinski definition) is 1. The number of nitrogens with zero attached hydrogens (tertiary/aromatic N) is 2. The second kappa shape index (κ2) is 7.96. The fourth-order valence-corrected chi connectivity index (χ4v) is 3.99. The third-order valence-electron chi connectivity index (χ3n) is 5.46. The fraction of sp³-hybridized carbons (Fsp3) is 0.304. The molecule has 4 rings (SSSR count).